The van der Waals surface area contributed by atoms with Gasteiger partial charge in [-0.2, -0.15) is 0 Å². The van der Waals surface area contributed by atoms with Gasteiger partial charge >= 0.3 is 0 Å². The molecule has 0 aliphatic carbocycles. The largest absolute Gasteiger partial charge is 0.393 e. The van der Waals surface area contributed by atoms with Gasteiger partial charge in [-0.3, -0.25) is 4.79 Å². The molecule has 2 heterocycles. The molecule has 0 unspecified atom stereocenters. The van der Waals surface area contributed by atoms with Crippen LogP contribution in [0.25, 0.3) is 10.8 Å². The van der Waals surface area contributed by atoms with E-state index in [2.05, 4.69) is 42.5 Å². The number of rotatable bonds is 4. The summed E-state index contributed by atoms with van der Waals surface area (Å²) in [6.45, 7) is 3.30. The number of thiazole rings is 1. The van der Waals surface area contributed by atoms with E-state index >= 15 is 0 Å². The third-order valence-corrected chi connectivity index (χ3v) is 6.44. The number of aliphatic hydroxyl groups is 1. The van der Waals surface area contributed by atoms with Gasteiger partial charge in [-0.1, -0.05) is 42.5 Å². The Morgan fingerprint density at radius 2 is 1.93 bits per heavy atom. The van der Waals surface area contributed by atoms with E-state index in [4.69, 9.17) is 4.98 Å². The summed E-state index contributed by atoms with van der Waals surface area (Å²) in [6, 6.07) is 14.8. The first-order chi connectivity index (χ1) is 13.1. The number of aryl methyl sites for hydroxylation is 1. The lowest BCUT2D eigenvalue weighted by Crippen LogP contribution is -2.40. The van der Waals surface area contributed by atoms with Crippen molar-refractivity contribution in [3.8, 4) is 0 Å². The summed E-state index contributed by atoms with van der Waals surface area (Å²) in [4.78, 5) is 20.3. The summed E-state index contributed by atoms with van der Waals surface area (Å²) in [6.07, 6.45) is 2.30. The topological polar surface area (TPSA) is 53.4 Å². The van der Waals surface area contributed by atoms with Crippen molar-refractivity contribution >= 4 is 28.0 Å². The summed E-state index contributed by atoms with van der Waals surface area (Å²) >= 11 is 1.65. The Labute approximate surface area is 163 Å². The number of aromatic nitrogens is 1. The van der Waals surface area contributed by atoms with Crippen LogP contribution in [0, 0.1) is 6.92 Å². The number of benzene rings is 2. The first-order valence-electron chi connectivity index (χ1n) is 9.48. The fourth-order valence-corrected chi connectivity index (χ4v) is 4.79. The molecule has 0 atom stereocenters. The second-order valence-electron chi connectivity index (χ2n) is 7.22. The summed E-state index contributed by atoms with van der Waals surface area (Å²) in [5, 5.41) is 13.2. The van der Waals surface area contributed by atoms with Crippen molar-refractivity contribution in [1.82, 2.24) is 9.88 Å². The van der Waals surface area contributed by atoms with E-state index in [1.54, 1.807) is 11.3 Å². The monoisotopic (exact) mass is 380 g/mol. The van der Waals surface area contributed by atoms with E-state index in [1.165, 1.54) is 16.3 Å². The number of nitrogens with zero attached hydrogens (tertiary/aromatic N) is 2. The van der Waals surface area contributed by atoms with Crippen molar-refractivity contribution in [3.63, 3.8) is 0 Å². The second-order valence-corrected chi connectivity index (χ2v) is 8.39. The summed E-state index contributed by atoms with van der Waals surface area (Å²) in [5.41, 5.74) is 2.23. The van der Waals surface area contributed by atoms with Crippen LogP contribution in [-0.2, 0) is 17.6 Å². The maximum atomic E-state index is 12.6. The average Bonchev–Trinajstić information content (AvgIpc) is 3.01. The van der Waals surface area contributed by atoms with E-state index in [9.17, 15) is 9.90 Å². The summed E-state index contributed by atoms with van der Waals surface area (Å²) in [5.74, 6) is 0.144. The lowest BCUT2D eigenvalue weighted by atomic mass is 10.0. The normalized spacial score (nSPS) is 15.4. The molecule has 1 saturated heterocycles. The number of fused-ring (bicyclic) bond motifs is 1. The van der Waals surface area contributed by atoms with Crippen molar-refractivity contribution in [2.45, 2.75) is 38.7 Å². The summed E-state index contributed by atoms with van der Waals surface area (Å²) in [7, 11) is 0. The first-order valence-corrected chi connectivity index (χ1v) is 10.3. The van der Waals surface area contributed by atoms with Gasteiger partial charge in [0.05, 0.1) is 23.2 Å². The van der Waals surface area contributed by atoms with Gasteiger partial charge in [-0.25, -0.2) is 4.98 Å². The van der Waals surface area contributed by atoms with Crippen LogP contribution in [0.4, 0.5) is 0 Å². The molecule has 0 radical (unpaired) electrons. The number of carbonyl (C=O) groups excluding carboxylic acids is 1. The molecule has 1 N–H and O–H groups in total. The average molecular weight is 381 g/mol. The minimum absolute atomic E-state index is 0.144. The lowest BCUT2D eigenvalue weighted by Gasteiger charge is -2.29. The maximum absolute atomic E-state index is 12.6. The van der Waals surface area contributed by atoms with Crippen LogP contribution in [0.1, 0.15) is 34.0 Å². The van der Waals surface area contributed by atoms with E-state index < -0.39 is 0 Å². The zero-order chi connectivity index (χ0) is 18.8. The lowest BCUT2D eigenvalue weighted by molar-refractivity contribution is -0.132. The highest BCUT2D eigenvalue weighted by atomic mass is 32.1. The van der Waals surface area contributed by atoms with Crippen LogP contribution >= 0.6 is 11.3 Å². The van der Waals surface area contributed by atoms with Crippen LogP contribution in [0.3, 0.4) is 0 Å². The van der Waals surface area contributed by atoms with Crippen molar-refractivity contribution in [2.75, 3.05) is 13.1 Å². The molecule has 1 aliphatic heterocycles. The molecule has 3 aromatic rings. The van der Waals surface area contributed by atoms with Gasteiger partial charge in [0.1, 0.15) is 0 Å². The molecule has 4 nitrogen and oxygen atoms in total. The fraction of sp³-hybridized carbons (Fsp3) is 0.364. The number of carbonyl (C=O) groups is 1. The highest BCUT2D eigenvalue weighted by molar-refractivity contribution is 7.11. The van der Waals surface area contributed by atoms with Gasteiger partial charge < -0.3 is 10.0 Å². The van der Waals surface area contributed by atoms with Gasteiger partial charge in [0.15, 0.2) is 0 Å². The maximum Gasteiger partial charge on any atom is 0.227 e. The molecular formula is C22H24N2O2S. The summed E-state index contributed by atoms with van der Waals surface area (Å²) < 4.78 is 0. The molecule has 0 bridgehead atoms. The molecular weight excluding hydrogens is 356 g/mol. The van der Waals surface area contributed by atoms with Gasteiger partial charge in [-0.05, 0) is 36.1 Å². The highest BCUT2D eigenvalue weighted by Crippen LogP contribution is 2.26. The number of piperidine rings is 1. The van der Waals surface area contributed by atoms with Gasteiger partial charge in [0.2, 0.25) is 5.91 Å². The minimum atomic E-state index is -0.258. The Kier molecular flexibility index (Phi) is 5.23. The number of hydrogen-bond donors (Lipinski definition) is 1. The van der Waals surface area contributed by atoms with Crippen molar-refractivity contribution in [2.24, 2.45) is 0 Å². The predicted octanol–water partition coefficient (Wildman–Crippen LogP) is 3.72. The Hall–Kier alpha value is -2.24. The van der Waals surface area contributed by atoms with Gasteiger partial charge in [-0.15, -0.1) is 11.3 Å². The molecule has 1 amide bonds. The Bertz CT molecular complexity index is 953. The molecule has 1 aliphatic rings. The van der Waals surface area contributed by atoms with Crippen LogP contribution in [0.2, 0.25) is 0 Å². The Morgan fingerprint density at radius 1 is 1.19 bits per heavy atom. The smallest absolute Gasteiger partial charge is 0.227 e. The number of likely N-dealkylation sites (tertiary alicyclic amines) is 1. The second kappa shape index (κ2) is 7.79. The SMILES string of the molecule is Cc1nc(Cc2cccc3ccccc23)sc1CC(=O)N1CCC(O)CC1. The highest BCUT2D eigenvalue weighted by Gasteiger charge is 2.22. The Morgan fingerprint density at radius 3 is 2.74 bits per heavy atom. The molecule has 4 rings (SSSR count). The number of aliphatic hydroxyl groups excluding tert-OH is 1. The first kappa shape index (κ1) is 18.1. The van der Waals surface area contributed by atoms with E-state index in [0.717, 1.165) is 22.0 Å². The zero-order valence-corrected chi connectivity index (χ0v) is 16.3. The molecule has 27 heavy (non-hydrogen) atoms. The molecule has 0 saturated carbocycles. The molecule has 5 heteroatoms. The van der Waals surface area contributed by atoms with Gasteiger partial charge in [0.25, 0.3) is 0 Å². The van der Waals surface area contributed by atoms with E-state index in [0.29, 0.717) is 32.4 Å². The van der Waals surface area contributed by atoms with Gasteiger partial charge in [0, 0.05) is 24.4 Å². The predicted molar refractivity (Wildman–Crippen MR) is 109 cm³/mol. The molecule has 2 aromatic carbocycles. The molecule has 140 valence electrons. The molecule has 1 fully saturated rings. The van der Waals surface area contributed by atoms with Crippen LogP contribution in [0.5, 0.6) is 0 Å². The van der Waals surface area contributed by atoms with Crippen molar-refractivity contribution in [3.05, 3.63) is 63.6 Å². The number of hydrogen-bond acceptors (Lipinski definition) is 4. The van der Waals surface area contributed by atoms with E-state index in [1.807, 2.05) is 11.8 Å². The van der Waals surface area contributed by atoms with Crippen LogP contribution in [0.15, 0.2) is 42.5 Å². The zero-order valence-electron chi connectivity index (χ0n) is 15.5. The number of amides is 1. The standard InChI is InChI=1S/C22H24N2O2S/c1-15-20(14-22(26)24-11-9-18(25)10-12-24)27-21(23-15)13-17-7-4-6-16-5-2-3-8-19(16)17/h2-8,18,25H,9-14H2,1H3. The molecule has 1 aromatic heterocycles. The van der Waals surface area contributed by atoms with Crippen LogP contribution < -0.4 is 0 Å². The third-order valence-electron chi connectivity index (χ3n) is 5.29. The Balaban J connectivity index is 1.49. The van der Waals surface area contributed by atoms with E-state index in [-0.39, 0.29) is 12.0 Å². The fourth-order valence-electron chi connectivity index (χ4n) is 3.70. The van der Waals surface area contributed by atoms with Crippen molar-refractivity contribution < 1.29 is 9.90 Å². The molecule has 0 spiro atoms. The van der Waals surface area contributed by atoms with Crippen molar-refractivity contribution in [1.29, 1.82) is 0 Å². The van der Waals surface area contributed by atoms with Crippen LogP contribution in [-0.4, -0.2) is 40.1 Å². The minimum Gasteiger partial charge on any atom is -0.393 e. The third kappa shape index (κ3) is 4.04. The quantitative estimate of drug-likeness (QED) is 0.750.